The van der Waals surface area contributed by atoms with Crippen LogP contribution >= 0.6 is 15.9 Å². The van der Waals surface area contributed by atoms with Crippen molar-refractivity contribution in [1.82, 2.24) is 5.32 Å². The van der Waals surface area contributed by atoms with Crippen molar-refractivity contribution in [1.29, 1.82) is 0 Å². The van der Waals surface area contributed by atoms with Gasteiger partial charge in [0.25, 0.3) is 5.91 Å². The summed E-state index contributed by atoms with van der Waals surface area (Å²) in [6.07, 6.45) is -0.355. The topological polar surface area (TPSA) is 65.7 Å². The van der Waals surface area contributed by atoms with Crippen LogP contribution in [-0.2, 0) is 13.0 Å². The van der Waals surface area contributed by atoms with E-state index in [1.165, 1.54) is 12.1 Å². The second kappa shape index (κ2) is 9.68. The van der Waals surface area contributed by atoms with Crippen LogP contribution in [0.4, 0.5) is 10.3 Å². The second-order valence-electron chi connectivity index (χ2n) is 8.75. The molecule has 0 saturated heterocycles. The van der Waals surface area contributed by atoms with Crippen molar-refractivity contribution in [3.63, 3.8) is 0 Å². The van der Waals surface area contributed by atoms with Crippen molar-refractivity contribution >= 4 is 27.7 Å². The molecule has 1 amide bonds. The number of furan rings is 1. The minimum Gasteiger partial charge on any atom is -0.434 e. The lowest BCUT2D eigenvalue weighted by Crippen LogP contribution is -2.34. The van der Waals surface area contributed by atoms with Gasteiger partial charge in [0, 0.05) is 26.1 Å². The number of hydrogen-bond acceptors (Lipinski definition) is 4. The average molecular weight is 535 g/mol. The summed E-state index contributed by atoms with van der Waals surface area (Å²) in [5.74, 6) is -0.435. The Morgan fingerprint density at radius 2 is 1.89 bits per heavy atom. The van der Waals surface area contributed by atoms with Gasteiger partial charge in [-0.3, -0.25) is 4.79 Å². The fourth-order valence-electron chi connectivity index (χ4n) is 4.53. The summed E-state index contributed by atoms with van der Waals surface area (Å²) in [6.45, 7) is 0.583. The first-order chi connectivity index (χ1) is 16.9. The molecule has 2 atom stereocenters. The van der Waals surface area contributed by atoms with E-state index in [4.69, 9.17) is 4.42 Å². The standard InChI is InChI=1S/C28H24BrFN2O3/c1-32(26-12-11-25(29)35-26)16-17-7-8-20-15-24(33)27(22(20)13-17)31-28(34)21-10-9-19(14-23(21)30)18-5-3-2-4-6-18/h2-14,24,27,33H,15-16H2,1H3,(H,31,34)/t24-,27-/m1/s1. The average Bonchev–Trinajstić information content (AvgIpc) is 3.42. The molecule has 0 spiro atoms. The zero-order valence-corrected chi connectivity index (χ0v) is 20.6. The number of amides is 1. The minimum absolute atomic E-state index is 0.0513. The van der Waals surface area contributed by atoms with E-state index in [0.717, 1.165) is 28.1 Å². The Morgan fingerprint density at radius 1 is 1.09 bits per heavy atom. The highest BCUT2D eigenvalue weighted by Gasteiger charge is 2.33. The van der Waals surface area contributed by atoms with Crippen LogP contribution in [0, 0.1) is 5.82 Å². The molecular formula is C28H24BrFN2O3. The predicted octanol–water partition coefficient (Wildman–Crippen LogP) is 5.87. The van der Waals surface area contributed by atoms with Gasteiger partial charge in [0.1, 0.15) is 5.82 Å². The number of fused-ring (bicyclic) bond motifs is 1. The molecule has 4 aromatic rings. The highest BCUT2D eigenvalue weighted by Crippen LogP contribution is 2.34. The monoisotopic (exact) mass is 534 g/mol. The van der Waals surface area contributed by atoms with E-state index < -0.39 is 23.9 Å². The van der Waals surface area contributed by atoms with Gasteiger partial charge < -0.3 is 19.7 Å². The van der Waals surface area contributed by atoms with Crippen molar-refractivity contribution in [3.8, 4) is 11.1 Å². The van der Waals surface area contributed by atoms with E-state index in [0.29, 0.717) is 23.2 Å². The maximum absolute atomic E-state index is 14.9. The highest BCUT2D eigenvalue weighted by molar-refractivity contribution is 9.10. The van der Waals surface area contributed by atoms with Crippen LogP contribution in [0.2, 0.25) is 0 Å². The third-order valence-electron chi connectivity index (χ3n) is 6.32. The zero-order valence-electron chi connectivity index (χ0n) is 19.0. The van der Waals surface area contributed by atoms with Gasteiger partial charge in [-0.1, -0.05) is 54.6 Å². The van der Waals surface area contributed by atoms with Crippen LogP contribution in [-0.4, -0.2) is 24.2 Å². The van der Waals surface area contributed by atoms with E-state index in [1.807, 2.05) is 72.6 Å². The molecule has 7 heteroatoms. The number of nitrogens with one attached hydrogen (secondary N) is 1. The van der Waals surface area contributed by atoms with Gasteiger partial charge >= 0.3 is 0 Å². The molecule has 0 aliphatic heterocycles. The minimum atomic E-state index is -0.783. The molecule has 1 aliphatic carbocycles. The van der Waals surface area contributed by atoms with Gasteiger partial charge in [0.2, 0.25) is 0 Å². The number of aliphatic hydroxyl groups excluding tert-OH is 1. The van der Waals surface area contributed by atoms with Gasteiger partial charge in [-0.2, -0.15) is 0 Å². The number of hydrogen-bond donors (Lipinski definition) is 2. The Labute approximate surface area is 211 Å². The van der Waals surface area contributed by atoms with Crippen LogP contribution in [0.3, 0.4) is 0 Å². The quantitative estimate of drug-likeness (QED) is 0.324. The Morgan fingerprint density at radius 3 is 2.60 bits per heavy atom. The van der Waals surface area contributed by atoms with E-state index in [9.17, 15) is 14.3 Å². The SMILES string of the molecule is CN(Cc1ccc2c(c1)[C@@H](NC(=O)c1ccc(-c3ccccc3)cc1F)[C@H](O)C2)c1ccc(Br)o1. The van der Waals surface area contributed by atoms with Crippen molar-refractivity contribution in [2.45, 2.75) is 25.1 Å². The van der Waals surface area contributed by atoms with Crippen molar-refractivity contribution in [2.24, 2.45) is 0 Å². The van der Waals surface area contributed by atoms with Gasteiger partial charge in [-0.05, 0) is 61.9 Å². The largest absolute Gasteiger partial charge is 0.434 e. The predicted molar refractivity (Wildman–Crippen MR) is 137 cm³/mol. The summed E-state index contributed by atoms with van der Waals surface area (Å²) in [7, 11) is 1.93. The number of halogens is 2. The fourth-order valence-corrected chi connectivity index (χ4v) is 4.83. The van der Waals surface area contributed by atoms with Gasteiger partial charge in [0.15, 0.2) is 10.6 Å². The lowest BCUT2D eigenvalue weighted by atomic mass is 10.0. The van der Waals surface area contributed by atoms with Gasteiger partial charge in [-0.25, -0.2) is 4.39 Å². The van der Waals surface area contributed by atoms with Gasteiger partial charge in [0.05, 0.1) is 17.7 Å². The molecule has 2 N–H and O–H groups in total. The summed E-state index contributed by atoms with van der Waals surface area (Å²) in [4.78, 5) is 15.0. The summed E-state index contributed by atoms with van der Waals surface area (Å²) in [6, 6.07) is 23.1. The van der Waals surface area contributed by atoms with Crippen LogP contribution in [0.5, 0.6) is 0 Å². The normalized spacial score (nSPS) is 16.7. The number of nitrogens with zero attached hydrogens (tertiary/aromatic N) is 1. The van der Waals surface area contributed by atoms with E-state index >= 15 is 0 Å². The number of aliphatic hydroxyl groups is 1. The molecule has 0 saturated carbocycles. The van der Waals surface area contributed by atoms with Crippen LogP contribution < -0.4 is 10.2 Å². The molecule has 5 nitrogen and oxygen atoms in total. The lowest BCUT2D eigenvalue weighted by Gasteiger charge is -2.20. The van der Waals surface area contributed by atoms with Gasteiger partial charge in [-0.15, -0.1) is 0 Å². The fraction of sp³-hybridized carbons (Fsp3) is 0.179. The highest BCUT2D eigenvalue weighted by atomic mass is 79.9. The molecular weight excluding hydrogens is 511 g/mol. The summed E-state index contributed by atoms with van der Waals surface area (Å²) >= 11 is 3.32. The van der Waals surface area contributed by atoms with Crippen molar-refractivity contribution in [3.05, 3.63) is 112 Å². The Kier molecular flexibility index (Phi) is 6.45. The van der Waals surface area contributed by atoms with Crippen LogP contribution in [0.15, 0.2) is 87.9 Å². The number of benzene rings is 3. The molecule has 0 unspecified atom stereocenters. The first-order valence-corrected chi connectivity index (χ1v) is 12.1. The zero-order chi connectivity index (χ0) is 24.5. The van der Waals surface area contributed by atoms with E-state index in [1.54, 1.807) is 6.07 Å². The Balaban J connectivity index is 1.34. The lowest BCUT2D eigenvalue weighted by molar-refractivity contribution is 0.0854. The Hall–Kier alpha value is -3.42. The molecule has 35 heavy (non-hydrogen) atoms. The summed E-state index contributed by atoms with van der Waals surface area (Å²) in [5.41, 5.74) is 4.34. The number of anilines is 1. The molecule has 3 aromatic carbocycles. The first-order valence-electron chi connectivity index (χ1n) is 11.3. The van der Waals surface area contributed by atoms with Crippen molar-refractivity contribution < 1.29 is 18.7 Å². The molecule has 5 rings (SSSR count). The second-order valence-corrected chi connectivity index (χ2v) is 9.53. The van der Waals surface area contributed by atoms with Crippen LogP contribution in [0.25, 0.3) is 11.1 Å². The molecule has 0 bridgehead atoms. The maximum Gasteiger partial charge on any atom is 0.254 e. The molecule has 0 fully saturated rings. The third kappa shape index (κ3) is 4.88. The Bertz CT molecular complexity index is 1370. The number of carbonyl (C=O) groups is 1. The third-order valence-corrected chi connectivity index (χ3v) is 6.75. The maximum atomic E-state index is 14.9. The number of rotatable bonds is 6. The summed E-state index contributed by atoms with van der Waals surface area (Å²) < 4.78 is 21.1. The van der Waals surface area contributed by atoms with E-state index in [-0.39, 0.29) is 5.56 Å². The van der Waals surface area contributed by atoms with Crippen molar-refractivity contribution in [2.75, 3.05) is 11.9 Å². The smallest absolute Gasteiger partial charge is 0.254 e. The molecule has 0 radical (unpaired) electrons. The van der Waals surface area contributed by atoms with Crippen LogP contribution in [0.1, 0.15) is 33.1 Å². The number of carbonyl (C=O) groups excluding carboxylic acids is 1. The summed E-state index contributed by atoms with van der Waals surface area (Å²) in [5, 5.41) is 13.5. The van der Waals surface area contributed by atoms with E-state index in [2.05, 4.69) is 21.2 Å². The molecule has 1 aromatic heterocycles. The molecule has 1 heterocycles. The molecule has 1 aliphatic rings. The molecule has 178 valence electrons. The first kappa shape index (κ1) is 23.3.